The highest BCUT2D eigenvalue weighted by Crippen LogP contribution is 2.61. The van der Waals surface area contributed by atoms with Gasteiger partial charge in [-0.3, -0.25) is 9.69 Å². The first-order valence-electron chi connectivity index (χ1n) is 11.5. The molecule has 1 atom stereocenters. The van der Waals surface area contributed by atoms with Crippen molar-refractivity contribution in [3.05, 3.63) is 81.4 Å². The number of amides is 1. The summed E-state index contributed by atoms with van der Waals surface area (Å²) < 4.78 is 0. The van der Waals surface area contributed by atoms with Crippen LogP contribution >= 0.6 is 0 Å². The van der Waals surface area contributed by atoms with Gasteiger partial charge in [0.1, 0.15) is 23.8 Å². The highest BCUT2D eigenvalue weighted by molar-refractivity contribution is 6.19. The Labute approximate surface area is 204 Å². The summed E-state index contributed by atoms with van der Waals surface area (Å²) >= 11 is 0. The van der Waals surface area contributed by atoms with Crippen LogP contribution in [0.5, 0.6) is 0 Å². The van der Waals surface area contributed by atoms with Gasteiger partial charge < -0.3 is 16.0 Å². The van der Waals surface area contributed by atoms with E-state index in [1.807, 2.05) is 58.9 Å². The number of aryl methyl sites for hydroxylation is 1. The van der Waals surface area contributed by atoms with Crippen LogP contribution in [-0.2, 0) is 10.2 Å². The van der Waals surface area contributed by atoms with Crippen molar-refractivity contribution in [3.8, 4) is 12.1 Å². The van der Waals surface area contributed by atoms with Crippen LogP contribution < -0.4 is 20.9 Å². The molecule has 0 aromatic heterocycles. The maximum atomic E-state index is 14.7. The average molecular weight is 461 g/mol. The molecule has 4 heterocycles. The van der Waals surface area contributed by atoms with Crippen molar-refractivity contribution >= 4 is 28.5 Å². The number of nitrogens with zero attached hydrogens (tertiary/aromatic N) is 4. The molecule has 2 aromatic carbocycles. The van der Waals surface area contributed by atoms with Crippen molar-refractivity contribution in [2.24, 2.45) is 5.73 Å². The molecule has 7 heteroatoms. The van der Waals surface area contributed by atoms with E-state index in [1.54, 1.807) is 9.80 Å². The van der Waals surface area contributed by atoms with Crippen LogP contribution in [0.25, 0.3) is 5.57 Å². The van der Waals surface area contributed by atoms with E-state index in [0.717, 1.165) is 39.3 Å². The third-order valence-corrected chi connectivity index (χ3v) is 7.84. The summed E-state index contributed by atoms with van der Waals surface area (Å²) in [6.07, 6.45) is 2.07. The molecule has 0 unspecified atom stereocenters. The maximum Gasteiger partial charge on any atom is 0.249 e. The van der Waals surface area contributed by atoms with E-state index in [2.05, 4.69) is 29.6 Å². The van der Waals surface area contributed by atoms with Crippen molar-refractivity contribution in [1.29, 1.82) is 10.5 Å². The minimum Gasteiger partial charge on any atom is -0.384 e. The number of nitriles is 2. The Morgan fingerprint density at radius 2 is 1.74 bits per heavy atom. The van der Waals surface area contributed by atoms with Crippen molar-refractivity contribution in [3.63, 3.8) is 0 Å². The van der Waals surface area contributed by atoms with Crippen molar-refractivity contribution in [1.82, 2.24) is 0 Å². The number of hydrogen-bond donors (Lipinski definition) is 2. The van der Waals surface area contributed by atoms with E-state index >= 15 is 0 Å². The van der Waals surface area contributed by atoms with Gasteiger partial charge in [-0.25, -0.2) is 0 Å². The van der Waals surface area contributed by atoms with Crippen molar-refractivity contribution in [2.75, 3.05) is 15.1 Å². The second-order valence-electron chi connectivity index (χ2n) is 10.1. The zero-order chi connectivity index (χ0) is 25.0. The fourth-order valence-corrected chi connectivity index (χ4v) is 6.34. The fourth-order valence-electron chi connectivity index (χ4n) is 6.34. The van der Waals surface area contributed by atoms with Crippen LogP contribution in [0, 0.1) is 36.5 Å². The number of nitrogens with two attached hydrogens (primary N) is 1. The summed E-state index contributed by atoms with van der Waals surface area (Å²) in [5.41, 5.74) is 11.5. The van der Waals surface area contributed by atoms with Crippen molar-refractivity contribution in [2.45, 2.75) is 45.6 Å². The van der Waals surface area contributed by atoms with E-state index in [-0.39, 0.29) is 22.9 Å². The SMILES string of the molecule is CC1=CC(C)(C)N2C(=O)[C@@]3(C(C#N)=C(N)N4C(=C3C#N)Nc3ccccc34)c3c(C)c(C)cc1c32. The van der Waals surface area contributed by atoms with Crippen LogP contribution in [0.2, 0.25) is 0 Å². The van der Waals surface area contributed by atoms with Gasteiger partial charge in [0.2, 0.25) is 5.91 Å². The lowest BCUT2D eigenvalue weighted by Gasteiger charge is -2.41. The summed E-state index contributed by atoms with van der Waals surface area (Å²) in [6, 6.07) is 14.2. The molecule has 35 heavy (non-hydrogen) atoms. The quantitative estimate of drug-likeness (QED) is 0.601. The average Bonchev–Trinajstić information content (AvgIpc) is 3.31. The summed E-state index contributed by atoms with van der Waals surface area (Å²) in [5.74, 6) is 0.261. The highest BCUT2D eigenvalue weighted by atomic mass is 16.2. The monoisotopic (exact) mass is 460 g/mol. The van der Waals surface area contributed by atoms with Gasteiger partial charge in [0, 0.05) is 11.1 Å². The Hall–Kier alpha value is -4.49. The number of benzene rings is 2. The Morgan fingerprint density at radius 1 is 1.06 bits per heavy atom. The lowest BCUT2D eigenvalue weighted by atomic mass is 9.66. The maximum absolute atomic E-state index is 14.7. The molecule has 0 saturated carbocycles. The molecule has 0 fully saturated rings. The number of fused-ring (bicyclic) bond motifs is 4. The topological polar surface area (TPSA) is 109 Å². The second kappa shape index (κ2) is 6.34. The largest absolute Gasteiger partial charge is 0.384 e. The predicted octanol–water partition coefficient (Wildman–Crippen LogP) is 4.46. The van der Waals surface area contributed by atoms with Gasteiger partial charge >= 0.3 is 0 Å². The molecule has 0 radical (unpaired) electrons. The van der Waals surface area contributed by atoms with Gasteiger partial charge in [-0.2, -0.15) is 10.5 Å². The molecule has 1 amide bonds. The number of para-hydroxylation sites is 2. The van der Waals surface area contributed by atoms with E-state index < -0.39 is 11.0 Å². The minimum atomic E-state index is -1.63. The number of rotatable bonds is 0. The van der Waals surface area contributed by atoms with Gasteiger partial charge in [0.25, 0.3) is 0 Å². The zero-order valence-corrected chi connectivity index (χ0v) is 20.2. The van der Waals surface area contributed by atoms with E-state index in [1.165, 1.54) is 0 Å². The first-order chi connectivity index (χ1) is 16.6. The summed E-state index contributed by atoms with van der Waals surface area (Å²) in [7, 11) is 0. The van der Waals surface area contributed by atoms with E-state index in [0.29, 0.717) is 11.4 Å². The minimum absolute atomic E-state index is 0.0834. The molecular formula is C28H24N6O. The van der Waals surface area contributed by atoms with Gasteiger partial charge in [-0.15, -0.1) is 0 Å². The zero-order valence-electron chi connectivity index (χ0n) is 20.2. The molecule has 1 spiro atoms. The van der Waals surface area contributed by atoms with Crippen LogP contribution in [0.4, 0.5) is 17.1 Å². The normalized spacial score (nSPS) is 22.9. The molecule has 0 aliphatic carbocycles. The highest BCUT2D eigenvalue weighted by Gasteiger charge is 2.65. The second-order valence-corrected chi connectivity index (χ2v) is 10.1. The van der Waals surface area contributed by atoms with Gasteiger partial charge in [-0.1, -0.05) is 18.2 Å². The first kappa shape index (κ1) is 21.1. The van der Waals surface area contributed by atoms with Crippen LogP contribution in [0.1, 0.15) is 43.0 Å². The van der Waals surface area contributed by atoms with Crippen LogP contribution in [0.15, 0.2) is 59.2 Å². The molecule has 0 saturated heterocycles. The lowest BCUT2D eigenvalue weighted by molar-refractivity contribution is -0.121. The number of carbonyl (C=O) groups is 1. The third-order valence-electron chi connectivity index (χ3n) is 7.84. The number of nitrogens with one attached hydrogen (secondary N) is 1. The van der Waals surface area contributed by atoms with Crippen LogP contribution in [-0.4, -0.2) is 11.4 Å². The van der Waals surface area contributed by atoms with Crippen LogP contribution in [0.3, 0.4) is 0 Å². The molecule has 172 valence electrons. The number of anilines is 3. The molecule has 7 nitrogen and oxygen atoms in total. The van der Waals surface area contributed by atoms with Gasteiger partial charge in [-0.05, 0) is 69.5 Å². The molecular weight excluding hydrogens is 436 g/mol. The standard InChI is InChI=1S/C28H24N6O/c1-14-10-17-15(2)11-27(4,5)34-23(17)22(16(14)3)28(26(34)35)18(12-29)24(31)33-21-9-7-6-8-20(21)32-25(33)19(28)13-30/h6-11,32H,31H2,1-5H3/t28-/m1/s1. The summed E-state index contributed by atoms with van der Waals surface area (Å²) in [5, 5.41) is 24.5. The molecule has 3 N–H and O–H groups in total. The fraction of sp³-hybridized carbons (Fsp3) is 0.250. The molecule has 0 bridgehead atoms. The Morgan fingerprint density at radius 3 is 2.43 bits per heavy atom. The predicted molar refractivity (Wildman–Crippen MR) is 135 cm³/mol. The number of allylic oxidation sites excluding steroid dienone is 1. The van der Waals surface area contributed by atoms with Crippen molar-refractivity contribution < 1.29 is 4.79 Å². The van der Waals surface area contributed by atoms with Gasteiger partial charge in [0.05, 0.1) is 33.7 Å². The summed E-state index contributed by atoms with van der Waals surface area (Å²) in [6.45, 7) is 9.95. The summed E-state index contributed by atoms with van der Waals surface area (Å²) in [4.78, 5) is 18.2. The molecule has 2 aromatic rings. The Kier molecular flexibility index (Phi) is 3.82. The smallest absolute Gasteiger partial charge is 0.249 e. The third kappa shape index (κ3) is 2.17. The van der Waals surface area contributed by atoms with E-state index in [9.17, 15) is 15.3 Å². The number of hydrogen-bond acceptors (Lipinski definition) is 6. The molecule has 4 aliphatic rings. The first-order valence-corrected chi connectivity index (χ1v) is 11.5. The Bertz CT molecular complexity index is 1590. The molecule has 6 rings (SSSR count). The lowest BCUT2D eigenvalue weighted by Crippen LogP contribution is -2.54. The Balaban J connectivity index is 1.81. The van der Waals surface area contributed by atoms with E-state index in [4.69, 9.17) is 5.73 Å². The number of carbonyl (C=O) groups excluding carboxylic acids is 1. The van der Waals surface area contributed by atoms with Gasteiger partial charge in [0.15, 0.2) is 5.41 Å². The molecule has 4 aliphatic heterocycles.